The van der Waals surface area contributed by atoms with Gasteiger partial charge in [0.15, 0.2) is 0 Å². The molecule has 0 saturated heterocycles. The average Bonchev–Trinajstić information content (AvgIpc) is 3.17. The number of amides is 1. The number of pyridine rings is 1. The lowest BCUT2D eigenvalue weighted by atomic mass is 10.1. The van der Waals surface area contributed by atoms with E-state index in [0.29, 0.717) is 12.2 Å². The van der Waals surface area contributed by atoms with Gasteiger partial charge < -0.3 is 11.1 Å². The minimum Gasteiger partial charge on any atom is -0.366 e. The van der Waals surface area contributed by atoms with E-state index < -0.39 is 5.91 Å². The van der Waals surface area contributed by atoms with Gasteiger partial charge in [-0.3, -0.25) is 9.89 Å². The number of carbonyl (C=O) groups is 1. The van der Waals surface area contributed by atoms with Crippen molar-refractivity contribution in [2.75, 3.05) is 11.6 Å². The molecule has 140 valence electrons. The number of nitrogens with one attached hydrogen (secondary N) is 2. The molecule has 0 bridgehead atoms. The summed E-state index contributed by atoms with van der Waals surface area (Å²) >= 11 is 1.56. The fraction of sp³-hybridized carbons (Fsp3) is 0.105. The Morgan fingerprint density at radius 2 is 2.00 bits per heavy atom. The highest BCUT2D eigenvalue weighted by Gasteiger charge is 2.13. The molecule has 0 unspecified atom stereocenters. The largest absolute Gasteiger partial charge is 0.366 e. The van der Waals surface area contributed by atoms with Crippen molar-refractivity contribution in [1.29, 1.82) is 0 Å². The highest BCUT2D eigenvalue weighted by Crippen LogP contribution is 2.30. The molecule has 0 aliphatic rings. The summed E-state index contributed by atoms with van der Waals surface area (Å²) in [5.74, 6) is 0.0383. The van der Waals surface area contributed by atoms with Crippen molar-refractivity contribution in [3.63, 3.8) is 0 Å². The minimum atomic E-state index is -0.547. The lowest BCUT2D eigenvalue weighted by molar-refractivity contribution is 0.0999. The molecule has 28 heavy (non-hydrogen) atoms. The molecule has 1 amide bonds. The van der Waals surface area contributed by atoms with Gasteiger partial charge in [0.1, 0.15) is 10.9 Å². The molecule has 8 nitrogen and oxygen atoms in total. The number of thioether (sulfide) groups is 1. The van der Waals surface area contributed by atoms with E-state index >= 15 is 0 Å². The standard InChI is InChI=1S/C19H17N7OS/c1-28-19-14(7-17-22-8-12(9-23-17)18(20)27)16(4-5-21-19)25-13-2-3-15-11(6-13)10-24-26-15/h2-6,8-10H,7H2,1H3,(H2,20,27)(H,21,25)(H,24,26). The topological polar surface area (TPSA) is 122 Å². The van der Waals surface area contributed by atoms with E-state index in [9.17, 15) is 4.79 Å². The summed E-state index contributed by atoms with van der Waals surface area (Å²) in [6.07, 6.45) is 8.89. The summed E-state index contributed by atoms with van der Waals surface area (Å²) in [6.45, 7) is 0. The van der Waals surface area contributed by atoms with Crippen molar-refractivity contribution in [2.24, 2.45) is 5.73 Å². The first-order valence-corrected chi connectivity index (χ1v) is 9.69. The second-order valence-corrected chi connectivity index (χ2v) is 6.87. The van der Waals surface area contributed by atoms with Crippen LogP contribution in [0.25, 0.3) is 10.9 Å². The third-order valence-electron chi connectivity index (χ3n) is 4.25. The van der Waals surface area contributed by atoms with Crippen LogP contribution in [0, 0.1) is 0 Å². The molecule has 4 aromatic rings. The van der Waals surface area contributed by atoms with E-state index in [1.165, 1.54) is 12.4 Å². The van der Waals surface area contributed by atoms with Crippen molar-refractivity contribution < 1.29 is 4.79 Å². The van der Waals surface area contributed by atoms with E-state index in [0.717, 1.165) is 32.9 Å². The van der Waals surface area contributed by atoms with E-state index in [4.69, 9.17) is 5.73 Å². The molecule has 0 aliphatic heterocycles. The lowest BCUT2D eigenvalue weighted by Gasteiger charge is -2.14. The number of carbonyl (C=O) groups excluding carboxylic acids is 1. The van der Waals surface area contributed by atoms with Gasteiger partial charge >= 0.3 is 0 Å². The monoisotopic (exact) mass is 391 g/mol. The zero-order chi connectivity index (χ0) is 19.5. The van der Waals surface area contributed by atoms with Crippen molar-refractivity contribution in [1.82, 2.24) is 25.1 Å². The number of anilines is 2. The van der Waals surface area contributed by atoms with Crippen molar-refractivity contribution in [2.45, 2.75) is 11.4 Å². The smallest absolute Gasteiger partial charge is 0.251 e. The van der Waals surface area contributed by atoms with E-state index in [1.807, 2.05) is 30.5 Å². The zero-order valence-corrected chi connectivity index (χ0v) is 15.8. The van der Waals surface area contributed by atoms with Gasteiger partial charge in [0.2, 0.25) is 0 Å². The van der Waals surface area contributed by atoms with Gasteiger partial charge in [-0.2, -0.15) is 5.10 Å². The van der Waals surface area contributed by atoms with Crippen LogP contribution in [-0.4, -0.2) is 37.3 Å². The lowest BCUT2D eigenvalue weighted by Crippen LogP contribution is -2.12. The molecule has 0 atom stereocenters. The second-order valence-electron chi connectivity index (χ2n) is 6.07. The van der Waals surface area contributed by atoms with Crippen LogP contribution in [0.2, 0.25) is 0 Å². The molecule has 0 fully saturated rings. The number of nitrogens with two attached hydrogens (primary N) is 1. The van der Waals surface area contributed by atoms with Crippen molar-refractivity contribution in [3.05, 3.63) is 66.0 Å². The molecule has 9 heteroatoms. The number of fused-ring (bicyclic) bond motifs is 1. The Kier molecular flexibility index (Phi) is 4.90. The Bertz CT molecular complexity index is 1140. The van der Waals surface area contributed by atoms with Crippen molar-refractivity contribution >= 4 is 39.9 Å². The summed E-state index contributed by atoms with van der Waals surface area (Å²) in [5, 5.41) is 12.4. The third kappa shape index (κ3) is 3.65. The molecule has 4 rings (SSSR count). The van der Waals surface area contributed by atoms with Crippen LogP contribution >= 0.6 is 11.8 Å². The number of hydrogen-bond acceptors (Lipinski definition) is 7. The van der Waals surface area contributed by atoms with E-state index in [-0.39, 0.29) is 5.56 Å². The van der Waals surface area contributed by atoms with Gasteiger partial charge in [-0.25, -0.2) is 15.0 Å². The minimum absolute atomic E-state index is 0.284. The molecule has 3 heterocycles. The van der Waals surface area contributed by atoms with Crippen LogP contribution in [0.3, 0.4) is 0 Å². The van der Waals surface area contributed by atoms with Crippen LogP contribution in [0.4, 0.5) is 11.4 Å². The van der Waals surface area contributed by atoms with Crippen LogP contribution in [0.15, 0.2) is 54.1 Å². The fourth-order valence-corrected chi connectivity index (χ4v) is 3.44. The number of rotatable bonds is 6. The van der Waals surface area contributed by atoms with E-state index in [2.05, 4.69) is 30.5 Å². The molecule has 4 N–H and O–H groups in total. The maximum absolute atomic E-state index is 11.2. The maximum atomic E-state index is 11.2. The van der Waals surface area contributed by atoms with Gasteiger partial charge in [0.05, 0.1) is 17.3 Å². The first-order chi connectivity index (χ1) is 13.6. The summed E-state index contributed by atoms with van der Waals surface area (Å²) in [4.78, 5) is 24.2. The molecular weight excluding hydrogens is 374 g/mol. The number of benzene rings is 1. The molecule has 0 spiro atoms. The zero-order valence-electron chi connectivity index (χ0n) is 15.0. The molecule has 0 aliphatic carbocycles. The number of H-pyrrole nitrogens is 1. The number of hydrogen-bond donors (Lipinski definition) is 3. The second kappa shape index (κ2) is 7.65. The Morgan fingerprint density at radius 3 is 2.75 bits per heavy atom. The number of nitrogens with zero attached hydrogens (tertiary/aromatic N) is 4. The Hall–Kier alpha value is -3.46. The van der Waals surface area contributed by atoms with Crippen molar-refractivity contribution in [3.8, 4) is 0 Å². The highest BCUT2D eigenvalue weighted by atomic mass is 32.2. The predicted octanol–water partition coefficient (Wildman–Crippen LogP) is 2.90. The Balaban J connectivity index is 1.66. The SMILES string of the molecule is CSc1nccc(Nc2ccc3[nH]ncc3c2)c1Cc1ncc(C(N)=O)cn1. The van der Waals surface area contributed by atoms with E-state index in [1.54, 1.807) is 24.2 Å². The quantitative estimate of drug-likeness (QED) is 0.432. The number of aromatic nitrogens is 5. The van der Waals surface area contributed by atoms with Gasteiger partial charge in [-0.05, 0) is 30.5 Å². The molecule has 0 saturated carbocycles. The van der Waals surface area contributed by atoms with Crippen LogP contribution < -0.4 is 11.1 Å². The third-order valence-corrected chi connectivity index (χ3v) is 4.99. The van der Waals surface area contributed by atoms with Gasteiger partial charge in [0, 0.05) is 47.3 Å². The Labute approximate surface area is 165 Å². The first-order valence-electron chi connectivity index (χ1n) is 8.47. The maximum Gasteiger partial charge on any atom is 0.251 e. The fourth-order valence-electron chi connectivity index (χ4n) is 2.84. The number of aromatic amines is 1. The first kappa shape index (κ1) is 17.9. The summed E-state index contributed by atoms with van der Waals surface area (Å²) in [6, 6.07) is 7.92. The van der Waals surface area contributed by atoms with Crippen LogP contribution in [0.1, 0.15) is 21.7 Å². The molecule has 0 radical (unpaired) electrons. The van der Waals surface area contributed by atoms with Gasteiger partial charge in [0.25, 0.3) is 5.91 Å². The molecule has 3 aromatic heterocycles. The summed E-state index contributed by atoms with van der Waals surface area (Å²) in [7, 11) is 0. The predicted molar refractivity (Wildman–Crippen MR) is 109 cm³/mol. The molecular formula is C19H17N7OS. The highest BCUT2D eigenvalue weighted by molar-refractivity contribution is 7.98. The average molecular weight is 391 g/mol. The summed E-state index contributed by atoms with van der Waals surface area (Å²) in [5.41, 5.74) is 9.36. The Morgan fingerprint density at radius 1 is 1.18 bits per heavy atom. The van der Waals surface area contributed by atoms with Crippen LogP contribution in [0.5, 0.6) is 0 Å². The van der Waals surface area contributed by atoms with Crippen LogP contribution in [-0.2, 0) is 6.42 Å². The normalized spacial score (nSPS) is 10.9. The van der Waals surface area contributed by atoms with Gasteiger partial charge in [-0.1, -0.05) is 0 Å². The van der Waals surface area contributed by atoms with Gasteiger partial charge in [-0.15, -0.1) is 11.8 Å². The molecule has 1 aromatic carbocycles. The number of primary amides is 1. The summed E-state index contributed by atoms with van der Waals surface area (Å²) < 4.78 is 0.